The number of fused-ring (bicyclic) bond motifs is 1. The number of nitrogens with one attached hydrogen (secondary N) is 2. The van der Waals surface area contributed by atoms with Crippen molar-refractivity contribution >= 4 is 33.4 Å². The molecule has 1 aliphatic heterocycles. The fourth-order valence-corrected chi connectivity index (χ4v) is 5.05. The van der Waals surface area contributed by atoms with Gasteiger partial charge in [-0.05, 0) is 18.1 Å². The van der Waals surface area contributed by atoms with E-state index in [1.165, 1.54) is 10.9 Å². The number of ether oxygens (including phenoxy) is 1. The molecule has 0 bridgehead atoms. The van der Waals surface area contributed by atoms with E-state index in [0.717, 1.165) is 11.1 Å². The maximum Gasteiger partial charge on any atom is 0.311 e. The smallest absolute Gasteiger partial charge is 0.311 e. The highest BCUT2D eigenvalue weighted by Crippen LogP contribution is 2.33. The minimum Gasteiger partial charge on any atom is -0.387 e. The normalized spacial score (nSPS) is 20.3. The molecule has 0 spiro atoms. The van der Waals surface area contributed by atoms with Gasteiger partial charge in [0, 0.05) is 19.0 Å². The maximum absolute atomic E-state index is 12.4. The van der Waals surface area contributed by atoms with E-state index >= 15 is 0 Å². The van der Waals surface area contributed by atoms with Gasteiger partial charge in [0.05, 0.1) is 6.33 Å². The Hall–Kier alpha value is -4.24. The molecule has 0 unspecified atom stereocenters. The topological polar surface area (TPSA) is 181 Å². The largest absolute Gasteiger partial charge is 0.387 e. The molecule has 41 heavy (non-hydrogen) atoms. The van der Waals surface area contributed by atoms with Crippen LogP contribution in [0.5, 0.6) is 0 Å². The molecule has 1 amide bonds. The Labute approximate surface area is 237 Å². The Balaban J connectivity index is 1.52. The molecule has 1 fully saturated rings. The first-order valence-corrected chi connectivity index (χ1v) is 14.0. The van der Waals surface area contributed by atoms with Gasteiger partial charge in [0.15, 0.2) is 35.1 Å². The SMILES string of the molecule is CCNC(=O)[C@H]1O[C@@H](n2cnc3c(NCC(c4ccccc4)c4ccccc4)nc(CN=S(=O)=O)nc32)[C@H](O)[C@@H]1O. The molecule has 4 atom stereocenters. The first-order valence-electron chi connectivity index (χ1n) is 13.0. The Morgan fingerprint density at radius 1 is 1.05 bits per heavy atom. The Kier molecular flexibility index (Phi) is 8.64. The minimum atomic E-state index is -2.68. The number of rotatable bonds is 10. The highest BCUT2D eigenvalue weighted by atomic mass is 32.2. The van der Waals surface area contributed by atoms with Crippen LogP contribution in [-0.4, -0.2) is 75.5 Å². The summed E-state index contributed by atoms with van der Waals surface area (Å²) in [5, 5.41) is 27.2. The average Bonchev–Trinajstić information content (AvgIpc) is 3.53. The van der Waals surface area contributed by atoms with Crippen molar-refractivity contribution in [3.63, 3.8) is 0 Å². The van der Waals surface area contributed by atoms with Gasteiger partial charge in [-0.25, -0.2) is 15.0 Å². The molecule has 13 nitrogen and oxygen atoms in total. The number of amides is 1. The average molecular weight is 580 g/mol. The van der Waals surface area contributed by atoms with Gasteiger partial charge in [-0.3, -0.25) is 9.36 Å². The molecule has 0 radical (unpaired) electrons. The molecule has 1 saturated heterocycles. The van der Waals surface area contributed by atoms with Gasteiger partial charge in [-0.15, -0.1) is 0 Å². The molecule has 1 aliphatic rings. The molecule has 4 N–H and O–H groups in total. The fraction of sp³-hybridized carbons (Fsp3) is 0.333. The van der Waals surface area contributed by atoms with E-state index in [1.807, 2.05) is 60.7 Å². The van der Waals surface area contributed by atoms with E-state index in [9.17, 15) is 23.4 Å². The number of anilines is 1. The molecule has 5 rings (SSSR count). The zero-order valence-corrected chi connectivity index (χ0v) is 22.8. The van der Waals surface area contributed by atoms with Crippen LogP contribution in [-0.2, 0) is 26.6 Å². The molecule has 4 aromatic rings. The van der Waals surface area contributed by atoms with E-state index in [1.54, 1.807) is 6.92 Å². The second-order valence-corrected chi connectivity index (χ2v) is 10.1. The summed E-state index contributed by atoms with van der Waals surface area (Å²) in [5.74, 6) is -0.218. The van der Waals surface area contributed by atoms with E-state index in [4.69, 9.17) is 4.74 Å². The van der Waals surface area contributed by atoms with E-state index in [-0.39, 0.29) is 23.9 Å². The van der Waals surface area contributed by atoms with Crippen molar-refractivity contribution in [3.8, 4) is 0 Å². The fourth-order valence-electron chi connectivity index (χ4n) is 4.83. The van der Waals surface area contributed by atoms with Crippen molar-refractivity contribution in [2.75, 3.05) is 18.4 Å². The third kappa shape index (κ3) is 6.10. The summed E-state index contributed by atoms with van der Waals surface area (Å²) in [5.41, 5.74) is 2.68. The van der Waals surface area contributed by atoms with Crippen LogP contribution in [0.2, 0.25) is 0 Å². The molecular formula is C27H29N7O6S. The lowest BCUT2D eigenvalue weighted by molar-refractivity contribution is -0.137. The van der Waals surface area contributed by atoms with Crippen molar-refractivity contribution in [1.82, 2.24) is 24.8 Å². The highest BCUT2D eigenvalue weighted by molar-refractivity contribution is 7.61. The second-order valence-electron chi connectivity index (χ2n) is 9.39. The van der Waals surface area contributed by atoms with Crippen molar-refractivity contribution < 1.29 is 28.2 Å². The monoisotopic (exact) mass is 579 g/mol. The lowest BCUT2D eigenvalue weighted by atomic mass is 9.91. The van der Waals surface area contributed by atoms with E-state index in [0.29, 0.717) is 24.4 Å². The van der Waals surface area contributed by atoms with Crippen LogP contribution in [0.3, 0.4) is 0 Å². The number of likely N-dealkylation sites (N-methyl/N-ethyl adjacent to an activating group) is 1. The number of hydrogen-bond acceptors (Lipinski definition) is 11. The number of aliphatic hydroxyl groups is 2. The van der Waals surface area contributed by atoms with Gasteiger partial charge in [0.1, 0.15) is 18.8 Å². The van der Waals surface area contributed by atoms with Crippen molar-refractivity contribution in [2.24, 2.45) is 4.36 Å². The standard InChI is InChI=1S/C27H29N7O6S/c1-2-28-26(37)23-21(35)22(36)27(40-23)34-15-30-20-24(32-19(33-25(20)34)14-31-41(38)39)29-13-18(16-9-5-3-6-10-16)17-11-7-4-8-12-17/h3-12,15,18,21-23,27,35-36H,2,13-14H2,1H3,(H,28,37)(H,29,32,33)/t21-,22+,23-,27+/m0/s1. The number of benzene rings is 2. The maximum atomic E-state index is 12.4. The summed E-state index contributed by atoms with van der Waals surface area (Å²) in [4.78, 5) is 25.7. The summed E-state index contributed by atoms with van der Waals surface area (Å²) < 4.78 is 32.9. The molecular weight excluding hydrogens is 550 g/mol. The molecule has 0 aliphatic carbocycles. The van der Waals surface area contributed by atoms with Crippen molar-refractivity contribution in [3.05, 3.63) is 83.9 Å². The number of carbonyl (C=O) groups is 1. The number of aliphatic hydroxyl groups excluding tert-OH is 2. The summed E-state index contributed by atoms with van der Waals surface area (Å²) >= 11 is 0. The van der Waals surface area contributed by atoms with Crippen LogP contribution in [0, 0.1) is 0 Å². The number of aromatic nitrogens is 4. The Bertz CT molecular complexity index is 1600. The highest BCUT2D eigenvalue weighted by Gasteiger charge is 2.47. The molecule has 3 heterocycles. The van der Waals surface area contributed by atoms with Crippen LogP contribution in [0.1, 0.15) is 36.0 Å². The number of imidazole rings is 1. The van der Waals surface area contributed by atoms with Crippen LogP contribution in [0.15, 0.2) is 71.4 Å². The summed E-state index contributed by atoms with van der Waals surface area (Å²) in [7, 11) is -2.68. The zero-order chi connectivity index (χ0) is 28.9. The van der Waals surface area contributed by atoms with Crippen LogP contribution >= 0.6 is 0 Å². The van der Waals surface area contributed by atoms with Crippen molar-refractivity contribution in [2.45, 2.75) is 43.9 Å². The first-order chi connectivity index (χ1) is 19.9. The summed E-state index contributed by atoms with van der Waals surface area (Å²) in [6.07, 6.45) is -4.08. The van der Waals surface area contributed by atoms with Gasteiger partial charge in [0.25, 0.3) is 5.91 Å². The van der Waals surface area contributed by atoms with E-state index < -0.39 is 40.9 Å². The third-order valence-corrected chi connectivity index (χ3v) is 7.12. The zero-order valence-electron chi connectivity index (χ0n) is 22.0. The van der Waals surface area contributed by atoms with Crippen molar-refractivity contribution in [1.29, 1.82) is 0 Å². The molecule has 2 aromatic heterocycles. The second kappa shape index (κ2) is 12.5. The van der Waals surface area contributed by atoms with Crippen LogP contribution < -0.4 is 10.6 Å². The van der Waals surface area contributed by atoms with Gasteiger partial charge < -0.3 is 25.6 Å². The molecule has 2 aromatic carbocycles. The van der Waals surface area contributed by atoms with Gasteiger partial charge >= 0.3 is 10.5 Å². The third-order valence-electron chi connectivity index (χ3n) is 6.78. The Morgan fingerprint density at radius 2 is 1.71 bits per heavy atom. The van der Waals surface area contributed by atoms with Gasteiger partial charge in [-0.2, -0.15) is 12.8 Å². The quantitative estimate of drug-likeness (QED) is 0.214. The molecule has 14 heteroatoms. The lowest BCUT2D eigenvalue weighted by Crippen LogP contribution is -2.42. The van der Waals surface area contributed by atoms with Crippen LogP contribution in [0.25, 0.3) is 11.2 Å². The molecule has 0 saturated carbocycles. The van der Waals surface area contributed by atoms with Crippen LogP contribution in [0.4, 0.5) is 5.82 Å². The Morgan fingerprint density at radius 3 is 2.32 bits per heavy atom. The predicted octanol–water partition coefficient (Wildman–Crippen LogP) is 1.39. The number of carbonyl (C=O) groups excluding carboxylic acids is 1. The predicted molar refractivity (Wildman–Crippen MR) is 148 cm³/mol. The summed E-state index contributed by atoms with van der Waals surface area (Å²) in [6.45, 7) is 2.13. The number of nitrogens with zero attached hydrogens (tertiary/aromatic N) is 5. The number of hydrogen-bond donors (Lipinski definition) is 4. The summed E-state index contributed by atoms with van der Waals surface area (Å²) in [6, 6.07) is 19.9. The van der Waals surface area contributed by atoms with E-state index in [2.05, 4.69) is 29.9 Å². The van der Waals surface area contributed by atoms with Gasteiger partial charge in [0.2, 0.25) is 0 Å². The first kappa shape index (κ1) is 28.3. The lowest BCUT2D eigenvalue weighted by Gasteiger charge is -2.20. The van der Waals surface area contributed by atoms with Gasteiger partial charge in [-0.1, -0.05) is 60.7 Å². The minimum absolute atomic E-state index is 0.0558. The molecule has 214 valence electrons.